The molecule has 0 aromatic heterocycles. The van der Waals surface area contributed by atoms with Crippen LogP contribution in [-0.2, 0) is 9.47 Å². The maximum Gasteiger partial charge on any atom is 0.130 e. The van der Waals surface area contributed by atoms with E-state index in [4.69, 9.17) is 9.47 Å². The Hall–Kier alpha value is 0.0969. The minimum Gasteiger partial charge on any atom is -0.361 e. The standard InChI is InChI=1S/C3H10O2Si.C2H7N/c1-4-3(6)5-2;1-3-2/h3H,1-2,6H3;3H,1-2H3. The fourth-order valence-corrected chi connectivity index (χ4v) is 0.0962. The van der Waals surface area contributed by atoms with Crippen LogP contribution in [0.25, 0.3) is 0 Å². The molecule has 0 atom stereocenters. The van der Waals surface area contributed by atoms with Crippen LogP contribution in [0.5, 0.6) is 0 Å². The SMILES string of the molecule is CNC.COC([SiH3])OC. The lowest BCUT2D eigenvalue weighted by Crippen LogP contribution is -2.11. The van der Waals surface area contributed by atoms with Crippen LogP contribution in [0.15, 0.2) is 0 Å². The third-order valence-corrected chi connectivity index (χ3v) is 1.61. The van der Waals surface area contributed by atoms with E-state index in [2.05, 4.69) is 5.32 Å². The summed E-state index contributed by atoms with van der Waals surface area (Å²) < 4.78 is 9.48. The molecule has 9 heavy (non-hydrogen) atoms. The number of methoxy groups -OCH3 is 2. The molecule has 58 valence electrons. The maximum atomic E-state index is 4.74. The number of nitrogens with one attached hydrogen (secondary N) is 1. The van der Waals surface area contributed by atoms with Crippen LogP contribution < -0.4 is 5.32 Å². The van der Waals surface area contributed by atoms with Crippen molar-refractivity contribution < 1.29 is 9.47 Å². The monoisotopic (exact) mass is 151 g/mol. The summed E-state index contributed by atoms with van der Waals surface area (Å²) in [6.45, 7) is 0. The zero-order valence-electron chi connectivity index (χ0n) is 6.89. The molecule has 0 bridgehead atoms. The predicted molar refractivity (Wildman–Crippen MR) is 42.7 cm³/mol. The first-order chi connectivity index (χ1) is 4.22. The smallest absolute Gasteiger partial charge is 0.130 e. The zero-order chi connectivity index (χ0) is 7.70. The van der Waals surface area contributed by atoms with Crippen molar-refractivity contribution in [3.63, 3.8) is 0 Å². The van der Waals surface area contributed by atoms with E-state index in [1.807, 2.05) is 14.1 Å². The Morgan fingerprint density at radius 1 is 1.22 bits per heavy atom. The van der Waals surface area contributed by atoms with Crippen LogP contribution in [0, 0.1) is 0 Å². The summed E-state index contributed by atoms with van der Waals surface area (Å²) >= 11 is 0. The molecular weight excluding hydrogens is 134 g/mol. The number of ether oxygens (including phenoxy) is 2. The second kappa shape index (κ2) is 11.0. The summed E-state index contributed by atoms with van der Waals surface area (Å²) in [5, 5.41) is 2.75. The Kier molecular flexibility index (Phi) is 14.4. The first kappa shape index (κ1) is 11.8. The lowest BCUT2D eigenvalue weighted by Gasteiger charge is -2.03. The van der Waals surface area contributed by atoms with Gasteiger partial charge >= 0.3 is 0 Å². The van der Waals surface area contributed by atoms with Crippen molar-refractivity contribution in [2.24, 2.45) is 0 Å². The van der Waals surface area contributed by atoms with Gasteiger partial charge in [0.05, 0.1) is 10.2 Å². The first-order valence-corrected chi connectivity index (χ1v) is 4.02. The highest BCUT2D eigenvalue weighted by atomic mass is 28.1. The average Bonchev–Trinajstić information content (AvgIpc) is 1.88. The highest BCUT2D eigenvalue weighted by molar-refractivity contribution is 6.09. The Balaban J connectivity index is 0. The maximum absolute atomic E-state index is 4.74. The number of hydrogen-bond acceptors (Lipinski definition) is 3. The van der Waals surface area contributed by atoms with Gasteiger partial charge in [0.25, 0.3) is 0 Å². The lowest BCUT2D eigenvalue weighted by molar-refractivity contribution is -0.0411. The second-order valence-electron chi connectivity index (χ2n) is 1.54. The molecule has 0 unspecified atom stereocenters. The molecular formula is C5H17NO2Si. The molecule has 1 N–H and O–H groups in total. The van der Waals surface area contributed by atoms with E-state index in [9.17, 15) is 0 Å². The lowest BCUT2D eigenvalue weighted by atomic mass is 11.3. The molecule has 0 aromatic rings. The largest absolute Gasteiger partial charge is 0.361 e. The summed E-state index contributed by atoms with van der Waals surface area (Å²) in [4.78, 5) is 0. The average molecular weight is 151 g/mol. The minimum absolute atomic E-state index is 0.0741. The van der Waals surface area contributed by atoms with Crippen molar-refractivity contribution in [2.75, 3.05) is 28.3 Å². The fourth-order valence-electron chi connectivity index (χ4n) is 0.0962. The zero-order valence-corrected chi connectivity index (χ0v) is 8.89. The Morgan fingerprint density at radius 2 is 1.44 bits per heavy atom. The highest BCUT2D eigenvalue weighted by Gasteiger charge is 1.87. The van der Waals surface area contributed by atoms with Crippen LogP contribution in [0.2, 0.25) is 0 Å². The summed E-state index contributed by atoms with van der Waals surface area (Å²) in [5.41, 5.74) is 0. The number of rotatable bonds is 2. The Morgan fingerprint density at radius 3 is 1.44 bits per heavy atom. The van der Waals surface area contributed by atoms with Crippen molar-refractivity contribution in [2.45, 2.75) is 5.91 Å². The second-order valence-corrected chi connectivity index (χ2v) is 2.48. The summed E-state index contributed by atoms with van der Waals surface area (Å²) in [5.74, 6) is 0.0741. The first-order valence-electron chi connectivity index (χ1n) is 2.87. The van der Waals surface area contributed by atoms with Crippen molar-refractivity contribution in [1.29, 1.82) is 0 Å². The van der Waals surface area contributed by atoms with Gasteiger partial charge in [0.15, 0.2) is 0 Å². The molecule has 0 rings (SSSR count). The molecule has 0 saturated carbocycles. The van der Waals surface area contributed by atoms with Gasteiger partial charge < -0.3 is 14.8 Å². The molecule has 0 spiro atoms. The molecule has 0 saturated heterocycles. The molecule has 0 fully saturated rings. The van der Waals surface area contributed by atoms with Gasteiger partial charge in [-0.3, -0.25) is 0 Å². The summed E-state index contributed by atoms with van der Waals surface area (Å²) in [6, 6.07) is 0. The van der Waals surface area contributed by atoms with E-state index in [1.165, 1.54) is 0 Å². The third kappa shape index (κ3) is 17.9. The van der Waals surface area contributed by atoms with Crippen LogP contribution in [0.3, 0.4) is 0 Å². The van der Waals surface area contributed by atoms with Crippen molar-refractivity contribution in [3.05, 3.63) is 0 Å². The van der Waals surface area contributed by atoms with E-state index in [0.29, 0.717) is 0 Å². The fraction of sp³-hybridized carbons (Fsp3) is 1.00. The van der Waals surface area contributed by atoms with E-state index < -0.39 is 0 Å². The molecule has 0 amide bonds. The minimum atomic E-state index is 0.0741. The molecule has 0 radical (unpaired) electrons. The highest BCUT2D eigenvalue weighted by Crippen LogP contribution is 1.77. The third-order valence-electron chi connectivity index (χ3n) is 0.664. The quantitative estimate of drug-likeness (QED) is 0.396. The molecule has 0 heterocycles. The van der Waals surface area contributed by atoms with E-state index in [-0.39, 0.29) is 5.91 Å². The van der Waals surface area contributed by atoms with Gasteiger partial charge in [-0.15, -0.1) is 0 Å². The van der Waals surface area contributed by atoms with Gasteiger partial charge in [0.2, 0.25) is 0 Å². The molecule has 0 aliphatic heterocycles. The Labute approximate surface area is 60.2 Å². The number of hydrogen-bond donors (Lipinski definition) is 1. The summed E-state index contributed by atoms with van der Waals surface area (Å²) in [7, 11) is 7.98. The molecule has 4 heteroatoms. The normalized spacial score (nSPS) is 9.00. The van der Waals surface area contributed by atoms with Gasteiger partial charge in [-0.1, -0.05) is 0 Å². The van der Waals surface area contributed by atoms with E-state index in [1.54, 1.807) is 14.2 Å². The van der Waals surface area contributed by atoms with Crippen molar-refractivity contribution >= 4 is 10.2 Å². The van der Waals surface area contributed by atoms with Gasteiger partial charge in [-0.25, -0.2) is 0 Å². The van der Waals surface area contributed by atoms with Gasteiger partial charge in [0, 0.05) is 14.2 Å². The topological polar surface area (TPSA) is 30.5 Å². The molecule has 3 nitrogen and oxygen atoms in total. The van der Waals surface area contributed by atoms with Crippen LogP contribution in [-0.4, -0.2) is 44.5 Å². The van der Waals surface area contributed by atoms with E-state index in [0.717, 1.165) is 10.2 Å². The molecule has 0 aliphatic carbocycles. The van der Waals surface area contributed by atoms with E-state index >= 15 is 0 Å². The van der Waals surface area contributed by atoms with Gasteiger partial charge in [0.1, 0.15) is 5.91 Å². The van der Waals surface area contributed by atoms with Gasteiger partial charge in [-0.05, 0) is 14.1 Å². The van der Waals surface area contributed by atoms with Crippen LogP contribution >= 0.6 is 0 Å². The Bertz CT molecular complexity index is 41.9. The van der Waals surface area contributed by atoms with Gasteiger partial charge in [-0.2, -0.15) is 0 Å². The summed E-state index contributed by atoms with van der Waals surface area (Å²) in [6.07, 6.45) is 0. The molecule has 0 aliphatic rings. The molecule has 0 aromatic carbocycles. The van der Waals surface area contributed by atoms with Crippen LogP contribution in [0.1, 0.15) is 0 Å². The van der Waals surface area contributed by atoms with Crippen molar-refractivity contribution in [1.82, 2.24) is 5.32 Å². The predicted octanol–water partition coefficient (Wildman–Crippen LogP) is -1.24. The van der Waals surface area contributed by atoms with Crippen LogP contribution in [0.4, 0.5) is 0 Å². The van der Waals surface area contributed by atoms with Crippen molar-refractivity contribution in [3.8, 4) is 0 Å².